The van der Waals surface area contributed by atoms with E-state index in [2.05, 4.69) is 22.0 Å². The molecule has 10 heteroatoms. The molecule has 1 aliphatic heterocycles. The maximum Gasteiger partial charge on any atom is 0.254 e. The Morgan fingerprint density at radius 2 is 1.64 bits per heavy atom. The molecule has 0 bridgehead atoms. The number of nitriles is 1. The van der Waals surface area contributed by atoms with Crippen LogP contribution in [-0.4, -0.2) is 24.7 Å². The summed E-state index contributed by atoms with van der Waals surface area (Å²) < 4.78 is 5.14. The number of hydrogen-bond acceptors (Lipinski definition) is 6. The predicted molar refractivity (Wildman–Crippen MR) is 157 cm³/mol. The van der Waals surface area contributed by atoms with Crippen molar-refractivity contribution in [2.45, 2.75) is 12.8 Å². The molecular formula is C29H24Cl2N4O3S. The van der Waals surface area contributed by atoms with Crippen molar-refractivity contribution >= 4 is 58.2 Å². The summed E-state index contributed by atoms with van der Waals surface area (Å²) >= 11 is 13.7. The molecule has 1 heterocycles. The lowest BCUT2D eigenvalue weighted by Crippen LogP contribution is -2.31. The fourth-order valence-electron chi connectivity index (χ4n) is 4.09. The number of nitrogens with zero attached hydrogens (tertiary/aromatic N) is 1. The van der Waals surface area contributed by atoms with Crippen LogP contribution in [0.3, 0.4) is 0 Å². The third kappa shape index (κ3) is 6.76. The van der Waals surface area contributed by atoms with Crippen molar-refractivity contribution in [1.29, 1.82) is 5.26 Å². The molecule has 0 saturated heterocycles. The van der Waals surface area contributed by atoms with Gasteiger partial charge in [-0.25, -0.2) is 0 Å². The van der Waals surface area contributed by atoms with E-state index < -0.39 is 5.92 Å². The van der Waals surface area contributed by atoms with Crippen LogP contribution in [0.1, 0.15) is 18.4 Å². The van der Waals surface area contributed by atoms with Gasteiger partial charge in [0.2, 0.25) is 5.91 Å². The van der Waals surface area contributed by atoms with Crippen LogP contribution in [0, 0.1) is 11.3 Å². The molecule has 1 atom stereocenters. The molecule has 0 saturated carbocycles. The molecule has 4 rings (SSSR count). The zero-order valence-corrected chi connectivity index (χ0v) is 23.4. The maximum atomic E-state index is 13.5. The minimum atomic E-state index is -0.746. The molecule has 0 fully saturated rings. The van der Waals surface area contributed by atoms with Crippen molar-refractivity contribution < 1.29 is 14.3 Å². The Bertz CT molecular complexity index is 1500. The van der Waals surface area contributed by atoms with Crippen LogP contribution in [0.5, 0.6) is 5.75 Å². The Kier molecular flexibility index (Phi) is 9.20. The van der Waals surface area contributed by atoms with Crippen LogP contribution in [0.4, 0.5) is 11.4 Å². The first kappa shape index (κ1) is 28.1. The van der Waals surface area contributed by atoms with E-state index in [0.717, 1.165) is 0 Å². The highest BCUT2D eigenvalue weighted by Crippen LogP contribution is 2.43. The second-order valence-electron chi connectivity index (χ2n) is 8.50. The van der Waals surface area contributed by atoms with Crippen molar-refractivity contribution in [2.24, 2.45) is 0 Å². The number of allylic oxidation sites excluding steroid dienone is 2. The van der Waals surface area contributed by atoms with E-state index in [1.165, 1.54) is 11.8 Å². The average molecular weight is 580 g/mol. The topological polar surface area (TPSA) is 103 Å². The van der Waals surface area contributed by atoms with Gasteiger partial charge in [0, 0.05) is 32.7 Å². The van der Waals surface area contributed by atoms with Crippen LogP contribution in [0.15, 0.2) is 94.7 Å². The molecule has 0 spiro atoms. The van der Waals surface area contributed by atoms with Crippen molar-refractivity contribution in [3.63, 3.8) is 0 Å². The van der Waals surface area contributed by atoms with Crippen LogP contribution in [-0.2, 0) is 9.59 Å². The van der Waals surface area contributed by atoms with Crippen molar-refractivity contribution in [2.75, 3.05) is 23.5 Å². The molecular weight excluding hydrogens is 555 g/mol. The predicted octanol–water partition coefficient (Wildman–Crippen LogP) is 6.71. The zero-order chi connectivity index (χ0) is 27.9. The smallest absolute Gasteiger partial charge is 0.254 e. The van der Waals surface area contributed by atoms with Gasteiger partial charge in [-0.3, -0.25) is 9.59 Å². The van der Waals surface area contributed by atoms with Gasteiger partial charge in [-0.05, 0) is 67.1 Å². The first-order valence-electron chi connectivity index (χ1n) is 11.8. The minimum absolute atomic E-state index is 0.0361. The lowest BCUT2D eigenvalue weighted by atomic mass is 9.82. The van der Waals surface area contributed by atoms with Gasteiger partial charge < -0.3 is 20.7 Å². The van der Waals surface area contributed by atoms with E-state index in [9.17, 15) is 14.9 Å². The highest BCUT2D eigenvalue weighted by Gasteiger charge is 2.36. The molecule has 0 unspecified atom stereocenters. The molecule has 0 aromatic heterocycles. The van der Waals surface area contributed by atoms with E-state index in [0.29, 0.717) is 49.0 Å². The third-order valence-electron chi connectivity index (χ3n) is 5.93. The first-order chi connectivity index (χ1) is 18.8. The molecule has 2 amide bonds. The molecule has 0 radical (unpaired) electrons. The van der Waals surface area contributed by atoms with Crippen molar-refractivity contribution in [3.8, 4) is 11.8 Å². The van der Waals surface area contributed by atoms with Gasteiger partial charge in [-0.2, -0.15) is 5.26 Å². The standard InChI is InChI=1S/C29H24Cl2N4O3S/c1-17-26(28(37)35-20-9-7-18(30)8-10-20)27(22-5-3-4-6-24(22)31)23(15-32)29(33-17)39-16-25(36)34-19-11-13-21(38-2)14-12-19/h3-14,27,33H,16H2,1-2H3,(H,34,36)(H,35,37)/t27-/m1/s1. The lowest BCUT2D eigenvalue weighted by Gasteiger charge is -2.30. The van der Waals surface area contributed by atoms with Crippen LogP contribution in [0.25, 0.3) is 0 Å². The Morgan fingerprint density at radius 3 is 2.28 bits per heavy atom. The van der Waals surface area contributed by atoms with Crippen LogP contribution in [0.2, 0.25) is 10.0 Å². The van der Waals surface area contributed by atoms with E-state index in [1.54, 1.807) is 86.8 Å². The molecule has 198 valence electrons. The molecule has 3 N–H and O–H groups in total. The Labute approximate surface area is 240 Å². The van der Waals surface area contributed by atoms with Gasteiger partial charge in [0.15, 0.2) is 0 Å². The van der Waals surface area contributed by atoms with Gasteiger partial charge in [0.05, 0.1) is 35.5 Å². The largest absolute Gasteiger partial charge is 0.497 e. The van der Waals surface area contributed by atoms with Gasteiger partial charge in [0.25, 0.3) is 5.91 Å². The minimum Gasteiger partial charge on any atom is -0.497 e. The number of methoxy groups -OCH3 is 1. The maximum absolute atomic E-state index is 13.5. The quantitative estimate of drug-likeness (QED) is 0.274. The number of rotatable bonds is 8. The summed E-state index contributed by atoms with van der Waals surface area (Å²) in [5.74, 6) is -0.667. The summed E-state index contributed by atoms with van der Waals surface area (Å²) in [6.07, 6.45) is 0. The highest BCUT2D eigenvalue weighted by molar-refractivity contribution is 8.03. The number of carbonyl (C=O) groups excluding carboxylic acids is 2. The monoisotopic (exact) mass is 578 g/mol. The Balaban J connectivity index is 1.61. The average Bonchev–Trinajstić information content (AvgIpc) is 2.93. The third-order valence-corrected chi connectivity index (χ3v) is 7.55. The lowest BCUT2D eigenvalue weighted by molar-refractivity contribution is -0.114. The first-order valence-corrected chi connectivity index (χ1v) is 13.5. The summed E-state index contributed by atoms with van der Waals surface area (Å²) in [4.78, 5) is 26.2. The Hall–Kier alpha value is -3.90. The number of anilines is 2. The van der Waals surface area contributed by atoms with Gasteiger partial charge in [0.1, 0.15) is 5.75 Å². The fraction of sp³-hybridized carbons (Fsp3) is 0.138. The second kappa shape index (κ2) is 12.8. The van der Waals surface area contributed by atoms with Gasteiger partial charge >= 0.3 is 0 Å². The molecule has 0 aliphatic carbocycles. The number of ether oxygens (including phenoxy) is 1. The zero-order valence-electron chi connectivity index (χ0n) is 21.0. The fourth-order valence-corrected chi connectivity index (χ4v) is 5.35. The van der Waals surface area contributed by atoms with E-state index >= 15 is 0 Å². The normalized spacial score (nSPS) is 14.8. The molecule has 3 aromatic carbocycles. The van der Waals surface area contributed by atoms with Crippen LogP contribution < -0.4 is 20.7 Å². The number of carbonyl (C=O) groups is 2. The number of halogens is 2. The van der Waals surface area contributed by atoms with E-state index in [1.807, 2.05) is 0 Å². The number of benzene rings is 3. The van der Waals surface area contributed by atoms with E-state index in [-0.39, 0.29) is 23.1 Å². The summed E-state index contributed by atoms with van der Waals surface area (Å²) in [5, 5.41) is 20.6. The summed E-state index contributed by atoms with van der Waals surface area (Å²) in [7, 11) is 1.57. The summed E-state index contributed by atoms with van der Waals surface area (Å²) in [6.45, 7) is 1.76. The molecule has 39 heavy (non-hydrogen) atoms. The number of hydrogen-bond donors (Lipinski definition) is 3. The molecule has 1 aliphatic rings. The van der Waals surface area contributed by atoms with Gasteiger partial charge in [-0.15, -0.1) is 0 Å². The number of amides is 2. The van der Waals surface area contributed by atoms with Crippen molar-refractivity contribution in [3.05, 3.63) is 110 Å². The Morgan fingerprint density at radius 1 is 1.00 bits per heavy atom. The number of thioether (sulfide) groups is 1. The van der Waals surface area contributed by atoms with Crippen LogP contribution >= 0.6 is 35.0 Å². The second-order valence-corrected chi connectivity index (χ2v) is 10.3. The highest BCUT2D eigenvalue weighted by atomic mass is 35.5. The summed E-state index contributed by atoms with van der Waals surface area (Å²) in [5.41, 5.74) is 2.97. The summed E-state index contributed by atoms with van der Waals surface area (Å²) in [6, 6.07) is 23.1. The number of nitrogens with one attached hydrogen (secondary N) is 3. The van der Waals surface area contributed by atoms with E-state index in [4.69, 9.17) is 27.9 Å². The van der Waals surface area contributed by atoms with Crippen molar-refractivity contribution in [1.82, 2.24) is 5.32 Å². The number of dihydropyridines is 1. The SMILES string of the molecule is COc1ccc(NC(=O)CSC2=C(C#N)[C@@H](c3ccccc3Cl)C(C(=O)Nc3ccc(Cl)cc3)=C(C)N2)cc1. The molecule has 3 aromatic rings. The van der Waals surface area contributed by atoms with Gasteiger partial charge in [-0.1, -0.05) is 53.2 Å². The molecule has 7 nitrogen and oxygen atoms in total.